The maximum atomic E-state index is 10.1. The Morgan fingerprint density at radius 3 is 2.89 bits per heavy atom. The number of aliphatic hydroxyl groups excluding tert-OH is 1. The molecule has 3 unspecified atom stereocenters. The summed E-state index contributed by atoms with van der Waals surface area (Å²) in [5.41, 5.74) is 6.13. The van der Waals surface area contributed by atoms with E-state index < -0.39 is 0 Å². The highest BCUT2D eigenvalue weighted by molar-refractivity contribution is 4.88. The summed E-state index contributed by atoms with van der Waals surface area (Å²) in [5.74, 6) is 0.746. The van der Waals surface area contributed by atoms with Crippen molar-refractivity contribution in [2.45, 2.75) is 64.9 Å². The van der Waals surface area contributed by atoms with Crippen molar-refractivity contribution in [2.75, 3.05) is 19.8 Å². The van der Waals surface area contributed by atoms with E-state index in [2.05, 4.69) is 13.8 Å². The molecule has 0 radical (unpaired) electrons. The Labute approximate surface area is 112 Å². The number of hydrogen-bond acceptors (Lipinski definition) is 3. The summed E-state index contributed by atoms with van der Waals surface area (Å²) in [5, 5.41) is 10.1. The minimum absolute atomic E-state index is 0.158. The average molecular weight is 257 g/mol. The van der Waals surface area contributed by atoms with E-state index in [0.717, 1.165) is 38.2 Å². The van der Waals surface area contributed by atoms with Gasteiger partial charge in [-0.05, 0) is 43.6 Å². The van der Waals surface area contributed by atoms with Gasteiger partial charge in [0.05, 0.1) is 12.7 Å². The molecule has 1 saturated carbocycles. The lowest BCUT2D eigenvalue weighted by molar-refractivity contribution is -0.00469. The van der Waals surface area contributed by atoms with Crippen LogP contribution in [0.5, 0.6) is 0 Å². The van der Waals surface area contributed by atoms with Crippen molar-refractivity contribution in [2.24, 2.45) is 17.1 Å². The lowest BCUT2D eigenvalue weighted by Gasteiger charge is -2.40. The van der Waals surface area contributed by atoms with Gasteiger partial charge in [0.1, 0.15) is 0 Å². The van der Waals surface area contributed by atoms with Crippen LogP contribution >= 0.6 is 0 Å². The van der Waals surface area contributed by atoms with Crippen molar-refractivity contribution in [3.63, 3.8) is 0 Å². The number of hydrogen-bond donors (Lipinski definition) is 2. The Hall–Kier alpha value is -0.120. The van der Waals surface area contributed by atoms with Crippen LogP contribution in [-0.2, 0) is 4.74 Å². The van der Waals surface area contributed by atoms with Gasteiger partial charge in [-0.2, -0.15) is 0 Å². The molecule has 0 bridgehead atoms. The van der Waals surface area contributed by atoms with Crippen LogP contribution in [0.4, 0.5) is 0 Å². The zero-order valence-corrected chi connectivity index (χ0v) is 12.2. The molecule has 0 saturated heterocycles. The first-order chi connectivity index (χ1) is 8.62. The molecule has 0 heterocycles. The Balaban J connectivity index is 2.32. The average Bonchev–Trinajstić information content (AvgIpc) is 2.34. The number of rotatable bonds is 8. The molecule has 0 amide bonds. The molecular formula is C15H31NO2. The highest BCUT2D eigenvalue weighted by atomic mass is 16.5. The molecule has 108 valence electrons. The molecule has 1 aliphatic rings. The molecule has 3 nitrogen and oxygen atoms in total. The van der Waals surface area contributed by atoms with E-state index in [-0.39, 0.29) is 11.5 Å². The van der Waals surface area contributed by atoms with Crippen molar-refractivity contribution >= 4 is 0 Å². The molecule has 0 spiro atoms. The van der Waals surface area contributed by atoms with Gasteiger partial charge in [0.15, 0.2) is 0 Å². The van der Waals surface area contributed by atoms with Crippen LogP contribution in [-0.4, -0.2) is 31.0 Å². The van der Waals surface area contributed by atoms with E-state index in [1.165, 1.54) is 19.3 Å². The first kappa shape index (κ1) is 15.9. The summed E-state index contributed by atoms with van der Waals surface area (Å²) in [6, 6.07) is 0. The summed E-state index contributed by atoms with van der Waals surface area (Å²) < 4.78 is 5.50. The van der Waals surface area contributed by atoms with E-state index in [4.69, 9.17) is 10.5 Å². The van der Waals surface area contributed by atoms with Gasteiger partial charge in [-0.1, -0.05) is 33.1 Å². The normalized spacial score (nSPS) is 30.3. The minimum atomic E-state index is -0.351. The Morgan fingerprint density at radius 2 is 2.28 bits per heavy atom. The molecule has 0 aromatic carbocycles. The Kier molecular flexibility index (Phi) is 7.20. The predicted molar refractivity (Wildman–Crippen MR) is 75.5 cm³/mol. The molecule has 0 aromatic rings. The van der Waals surface area contributed by atoms with Crippen LogP contribution in [0.1, 0.15) is 58.8 Å². The quantitative estimate of drug-likeness (QED) is 0.657. The maximum absolute atomic E-state index is 10.1. The van der Waals surface area contributed by atoms with Gasteiger partial charge < -0.3 is 15.6 Å². The van der Waals surface area contributed by atoms with E-state index >= 15 is 0 Å². The smallest absolute Gasteiger partial charge is 0.0779 e. The van der Waals surface area contributed by atoms with Gasteiger partial charge in [0.25, 0.3) is 0 Å². The summed E-state index contributed by atoms with van der Waals surface area (Å²) in [6.45, 7) is 6.37. The summed E-state index contributed by atoms with van der Waals surface area (Å²) in [6.07, 6.45) is 7.56. The highest BCUT2D eigenvalue weighted by Gasteiger charge is 2.35. The highest BCUT2D eigenvalue weighted by Crippen LogP contribution is 2.41. The summed E-state index contributed by atoms with van der Waals surface area (Å²) >= 11 is 0. The van der Waals surface area contributed by atoms with Crippen LogP contribution < -0.4 is 5.73 Å². The standard InChI is InChI=1S/C15H31NO2/c1-3-4-8-18-11-14(17)10-15(12-16)7-5-6-13(2)9-15/h13-14,17H,3-12,16H2,1-2H3. The third-order valence-corrected chi connectivity index (χ3v) is 4.24. The van der Waals surface area contributed by atoms with Gasteiger partial charge in [0, 0.05) is 6.61 Å². The van der Waals surface area contributed by atoms with Gasteiger partial charge in [-0.25, -0.2) is 0 Å². The zero-order chi connectivity index (χ0) is 13.4. The fourth-order valence-electron chi connectivity index (χ4n) is 3.25. The predicted octanol–water partition coefficient (Wildman–Crippen LogP) is 2.71. The lowest BCUT2D eigenvalue weighted by Crippen LogP contribution is -2.39. The van der Waals surface area contributed by atoms with Gasteiger partial charge in [0.2, 0.25) is 0 Å². The molecular weight excluding hydrogens is 226 g/mol. The lowest BCUT2D eigenvalue weighted by atomic mass is 9.67. The molecule has 3 atom stereocenters. The molecule has 1 rings (SSSR count). The molecule has 1 aliphatic carbocycles. The molecule has 18 heavy (non-hydrogen) atoms. The van der Waals surface area contributed by atoms with Crippen LogP contribution in [0.25, 0.3) is 0 Å². The summed E-state index contributed by atoms with van der Waals surface area (Å²) in [7, 11) is 0. The zero-order valence-electron chi connectivity index (χ0n) is 12.2. The first-order valence-corrected chi connectivity index (χ1v) is 7.58. The third-order valence-electron chi connectivity index (χ3n) is 4.24. The Morgan fingerprint density at radius 1 is 1.50 bits per heavy atom. The molecule has 3 heteroatoms. The van der Waals surface area contributed by atoms with Crippen LogP contribution in [0.3, 0.4) is 0 Å². The molecule has 0 aromatic heterocycles. The van der Waals surface area contributed by atoms with Gasteiger partial charge in [-0.15, -0.1) is 0 Å². The van der Waals surface area contributed by atoms with Crippen molar-refractivity contribution in [3.8, 4) is 0 Å². The number of aliphatic hydroxyl groups is 1. The van der Waals surface area contributed by atoms with Crippen LogP contribution in [0.15, 0.2) is 0 Å². The monoisotopic (exact) mass is 257 g/mol. The van der Waals surface area contributed by atoms with Gasteiger partial charge >= 0.3 is 0 Å². The summed E-state index contributed by atoms with van der Waals surface area (Å²) in [4.78, 5) is 0. The number of unbranched alkanes of at least 4 members (excludes halogenated alkanes) is 1. The fraction of sp³-hybridized carbons (Fsp3) is 1.00. The largest absolute Gasteiger partial charge is 0.391 e. The first-order valence-electron chi connectivity index (χ1n) is 7.58. The Bertz CT molecular complexity index is 223. The number of ether oxygens (including phenoxy) is 1. The van der Waals surface area contributed by atoms with Crippen LogP contribution in [0.2, 0.25) is 0 Å². The van der Waals surface area contributed by atoms with Crippen molar-refractivity contribution in [1.29, 1.82) is 0 Å². The van der Waals surface area contributed by atoms with Crippen molar-refractivity contribution < 1.29 is 9.84 Å². The van der Waals surface area contributed by atoms with E-state index in [1.807, 2.05) is 0 Å². The van der Waals surface area contributed by atoms with E-state index in [1.54, 1.807) is 0 Å². The van der Waals surface area contributed by atoms with E-state index in [9.17, 15) is 5.11 Å². The number of nitrogens with two attached hydrogens (primary N) is 1. The second-order valence-electron chi connectivity index (χ2n) is 6.19. The van der Waals surface area contributed by atoms with Gasteiger partial charge in [-0.3, -0.25) is 0 Å². The molecule has 0 aliphatic heterocycles. The fourth-order valence-corrected chi connectivity index (χ4v) is 3.25. The molecule has 1 fully saturated rings. The SMILES string of the molecule is CCCCOCC(O)CC1(CN)CCCC(C)C1. The second-order valence-corrected chi connectivity index (χ2v) is 6.19. The maximum Gasteiger partial charge on any atom is 0.0779 e. The van der Waals surface area contributed by atoms with Crippen molar-refractivity contribution in [1.82, 2.24) is 0 Å². The minimum Gasteiger partial charge on any atom is -0.391 e. The van der Waals surface area contributed by atoms with Crippen LogP contribution in [0, 0.1) is 11.3 Å². The topological polar surface area (TPSA) is 55.5 Å². The van der Waals surface area contributed by atoms with E-state index in [0.29, 0.717) is 13.2 Å². The second kappa shape index (κ2) is 8.13. The van der Waals surface area contributed by atoms with Crippen molar-refractivity contribution in [3.05, 3.63) is 0 Å². The molecule has 3 N–H and O–H groups in total. The third kappa shape index (κ3) is 5.25.